The van der Waals surface area contributed by atoms with Crippen LogP contribution in [0.25, 0.3) is 0 Å². The van der Waals surface area contributed by atoms with E-state index in [-0.39, 0.29) is 12.6 Å². The van der Waals surface area contributed by atoms with Gasteiger partial charge in [-0.3, -0.25) is 10.6 Å². The maximum atomic E-state index is 10.4. The van der Waals surface area contributed by atoms with Gasteiger partial charge in [0.05, 0.1) is 0 Å². The molecule has 0 aromatic heterocycles. The first-order valence-corrected chi connectivity index (χ1v) is 2.38. The molecule has 0 aliphatic carbocycles. The SMILES string of the molecule is NN=C(N)OC(=O)CNN. The molecule has 0 amide bonds. The Morgan fingerprint density at radius 3 is 2.70 bits per heavy atom. The third-order valence-electron chi connectivity index (χ3n) is 0.592. The van der Waals surface area contributed by atoms with Crippen molar-refractivity contribution in [2.24, 2.45) is 22.5 Å². The van der Waals surface area contributed by atoms with E-state index in [9.17, 15) is 4.79 Å². The normalized spacial score (nSPS) is 11.1. The van der Waals surface area contributed by atoms with E-state index in [1.165, 1.54) is 0 Å². The van der Waals surface area contributed by atoms with Gasteiger partial charge >= 0.3 is 12.0 Å². The number of nitrogens with two attached hydrogens (primary N) is 3. The summed E-state index contributed by atoms with van der Waals surface area (Å²) in [6.45, 7) is -0.143. The summed E-state index contributed by atoms with van der Waals surface area (Å²) in [4.78, 5) is 10.4. The Hall–Kier alpha value is -1.34. The van der Waals surface area contributed by atoms with Gasteiger partial charge in [-0.2, -0.15) is 0 Å². The van der Waals surface area contributed by atoms with Crippen molar-refractivity contribution >= 4 is 12.0 Å². The second-order valence-corrected chi connectivity index (χ2v) is 1.32. The van der Waals surface area contributed by atoms with E-state index in [1.54, 1.807) is 0 Å². The number of hydrogen-bond acceptors (Lipinski definition) is 6. The predicted octanol–water partition coefficient (Wildman–Crippen LogP) is -2.82. The zero-order valence-electron chi connectivity index (χ0n) is 5.20. The van der Waals surface area contributed by atoms with Crippen molar-refractivity contribution in [2.75, 3.05) is 6.54 Å². The molecule has 0 saturated heterocycles. The molecule has 0 spiro atoms. The van der Waals surface area contributed by atoms with E-state index in [2.05, 4.69) is 21.1 Å². The molecule has 0 aromatic carbocycles. The topological polar surface area (TPSA) is 129 Å². The highest BCUT2D eigenvalue weighted by molar-refractivity contribution is 5.87. The average molecular weight is 147 g/mol. The van der Waals surface area contributed by atoms with E-state index in [4.69, 9.17) is 11.6 Å². The Labute approximate surface area is 57.1 Å². The number of hydrazone groups is 1. The van der Waals surface area contributed by atoms with Crippen molar-refractivity contribution in [1.82, 2.24) is 5.43 Å². The molecule has 0 unspecified atom stereocenters. The third kappa shape index (κ3) is 3.64. The van der Waals surface area contributed by atoms with Gasteiger partial charge in [0.15, 0.2) is 0 Å². The van der Waals surface area contributed by atoms with Gasteiger partial charge in [0.1, 0.15) is 6.54 Å². The van der Waals surface area contributed by atoms with Gasteiger partial charge in [-0.1, -0.05) is 0 Å². The molecule has 0 saturated carbocycles. The molecular formula is C3H9N5O2. The molecule has 58 valence electrons. The lowest BCUT2D eigenvalue weighted by Gasteiger charge is -1.99. The molecule has 0 aliphatic heterocycles. The third-order valence-corrected chi connectivity index (χ3v) is 0.592. The Morgan fingerprint density at radius 2 is 2.30 bits per heavy atom. The Bertz CT molecular complexity index is 144. The standard InChI is InChI=1S/C3H9N5O2/c4-3(8-6)10-2(9)1-7-5/h7H,1,5-6H2,(H2,4,8). The molecule has 10 heavy (non-hydrogen) atoms. The summed E-state index contributed by atoms with van der Waals surface area (Å²) in [6, 6.07) is -0.389. The first-order valence-electron chi connectivity index (χ1n) is 2.38. The fraction of sp³-hybridized carbons (Fsp3) is 0.333. The van der Waals surface area contributed by atoms with Crippen LogP contribution in [0.1, 0.15) is 0 Å². The van der Waals surface area contributed by atoms with E-state index in [1.807, 2.05) is 0 Å². The number of hydrogen-bond donors (Lipinski definition) is 4. The van der Waals surface area contributed by atoms with Gasteiger partial charge in [0.25, 0.3) is 0 Å². The van der Waals surface area contributed by atoms with Crippen LogP contribution in [0.15, 0.2) is 5.10 Å². The van der Waals surface area contributed by atoms with E-state index in [0.717, 1.165) is 0 Å². The number of nitrogens with zero attached hydrogens (tertiary/aromatic N) is 1. The molecule has 0 bridgehead atoms. The van der Waals surface area contributed by atoms with Gasteiger partial charge in [0, 0.05) is 0 Å². The van der Waals surface area contributed by atoms with Crippen LogP contribution in [0, 0.1) is 0 Å². The minimum atomic E-state index is -0.644. The Morgan fingerprint density at radius 1 is 1.70 bits per heavy atom. The van der Waals surface area contributed by atoms with Gasteiger partial charge in [-0.25, -0.2) is 5.43 Å². The van der Waals surface area contributed by atoms with Gasteiger partial charge < -0.3 is 16.3 Å². The highest BCUT2D eigenvalue weighted by Crippen LogP contribution is 1.73. The molecule has 0 aliphatic rings. The number of amidine groups is 1. The van der Waals surface area contributed by atoms with E-state index < -0.39 is 5.97 Å². The lowest BCUT2D eigenvalue weighted by atomic mass is 10.7. The van der Waals surface area contributed by atoms with E-state index in [0.29, 0.717) is 0 Å². The first-order chi connectivity index (χ1) is 4.70. The van der Waals surface area contributed by atoms with E-state index >= 15 is 0 Å². The van der Waals surface area contributed by atoms with Crippen molar-refractivity contribution in [3.05, 3.63) is 0 Å². The lowest BCUT2D eigenvalue weighted by Crippen LogP contribution is -2.33. The van der Waals surface area contributed by atoms with Gasteiger partial charge in [-0.15, -0.1) is 5.10 Å². The lowest BCUT2D eigenvalue weighted by molar-refractivity contribution is -0.134. The number of carbonyl (C=O) groups is 1. The second kappa shape index (κ2) is 4.53. The fourth-order valence-corrected chi connectivity index (χ4v) is 0.262. The summed E-state index contributed by atoms with van der Waals surface area (Å²) in [6.07, 6.45) is 0. The van der Waals surface area contributed by atoms with Crippen LogP contribution >= 0.6 is 0 Å². The maximum absolute atomic E-state index is 10.4. The zero-order chi connectivity index (χ0) is 7.98. The summed E-state index contributed by atoms with van der Waals surface area (Å²) in [5.74, 6) is 8.79. The molecule has 0 atom stereocenters. The number of carbonyl (C=O) groups excluding carboxylic acids is 1. The molecule has 0 heterocycles. The Balaban J connectivity index is 3.58. The van der Waals surface area contributed by atoms with Crippen LogP contribution in [0.3, 0.4) is 0 Å². The summed E-state index contributed by atoms with van der Waals surface area (Å²) >= 11 is 0. The second-order valence-electron chi connectivity index (χ2n) is 1.32. The van der Waals surface area contributed by atoms with Crippen LogP contribution in [0.4, 0.5) is 0 Å². The largest absolute Gasteiger partial charge is 0.391 e. The predicted molar refractivity (Wildman–Crippen MR) is 34.1 cm³/mol. The van der Waals surface area contributed by atoms with Crippen molar-refractivity contribution in [3.63, 3.8) is 0 Å². The Kier molecular flexibility index (Phi) is 3.92. The molecule has 0 rings (SSSR count). The fourth-order valence-electron chi connectivity index (χ4n) is 0.262. The maximum Gasteiger partial charge on any atom is 0.329 e. The molecule has 7 nitrogen and oxygen atoms in total. The molecular weight excluding hydrogens is 138 g/mol. The molecule has 7 N–H and O–H groups in total. The highest BCUT2D eigenvalue weighted by atomic mass is 16.6. The number of esters is 1. The summed E-state index contributed by atoms with van der Waals surface area (Å²) in [5, 5.41) is 2.89. The van der Waals surface area contributed by atoms with Crippen molar-refractivity contribution in [1.29, 1.82) is 0 Å². The van der Waals surface area contributed by atoms with Crippen LogP contribution < -0.4 is 22.8 Å². The van der Waals surface area contributed by atoms with Gasteiger partial charge in [0.2, 0.25) is 0 Å². The minimum Gasteiger partial charge on any atom is -0.391 e. The summed E-state index contributed by atoms with van der Waals surface area (Å²) in [7, 11) is 0. The average Bonchev–Trinajstić information content (AvgIpc) is 1.88. The monoisotopic (exact) mass is 147 g/mol. The highest BCUT2D eigenvalue weighted by Gasteiger charge is 2.02. The summed E-state index contributed by atoms with van der Waals surface area (Å²) < 4.78 is 4.26. The van der Waals surface area contributed by atoms with Crippen molar-refractivity contribution in [3.8, 4) is 0 Å². The number of rotatable bonds is 2. The summed E-state index contributed by atoms with van der Waals surface area (Å²) in [5.41, 5.74) is 6.99. The first kappa shape index (κ1) is 8.66. The molecule has 7 heteroatoms. The van der Waals surface area contributed by atoms with Crippen LogP contribution in [0.2, 0.25) is 0 Å². The molecule has 0 aromatic rings. The number of nitrogens with one attached hydrogen (secondary N) is 1. The van der Waals surface area contributed by atoms with Crippen LogP contribution in [0.5, 0.6) is 0 Å². The minimum absolute atomic E-state index is 0.143. The molecule has 0 radical (unpaired) electrons. The van der Waals surface area contributed by atoms with Gasteiger partial charge in [-0.05, 0) is 0 Å². The quantitative estimate of drug-likeness (QED) is 0.110. The molecule has 0 fully saturated rings. The smallest absolute Gasteiger partial charge is 0.329 e. The van der Waals surface area contributed by atoms with Crippen molar-refractivity contribution < 1.29 is 9.53 Å². The van der Waals surface area contributed by atoms with Crippen LogP contribution in [-0.4, -0.2) is 18.5 Å². The van der Waals surface area contributed by atoms with Crippen molar-refractivity contribution in [2.45, 2.75) is 0 Å². The number of ether oxygens (including phenoxy) is 1. The van der Waals surface area contributed by atoms with Crippen LogP contribution in [-0.2, 0) is 9.53 Å². The number of hydrazine groups is 1. The zero-order valence-corrected chi connectivity index (χ0v) is 5.20.